The second-order valence-electron chi connectivity index (χ2n) is 4.30. The molecule has 3 unspecified atom stereocenters. The minimum absolute atomic E-state index is 0.151. The van der Waals surface area contributed by atoms with Crippen LogP contribution in [0.5, 0.6) is 0 Å². The smallest absolute Gasteiger partial charge is 0.312 e. The van der Waals surface area contributed by atoms with Crippen LogP contribution in [0.25, 0.3) is 0 Å². The van der Waals surface area contributed by atoms with Gasteiger partial charge >= 0.3 is 5.97 Å². The van der Waals surface area contributed by atoms with Crippen molar-refractivity contribution in [1.82, 2.24) is 0 Å². The molecule has 1 saturated heterocycles. The summed E-state index contributed by atoms with van der Waals surface area (Å²) >= 11 is 0. The van der Waals surface area contributed by atoms with Crippen LogP contribution in [0.15, 0.2) is 0 Å². The lowest BCUT2D eigenvalue weighted by molar-refractivity contribution is -0.156. The quantitative estimate of drug-likeness (QED) is 0.757. The van der Waals surface area contributed by atoms with Crippen LogP contribution in [0.1, 0.15) is 40.0 Å². The average molecular weight is 200 g/mol. The number of hydrogen-bond donors (Lipinski definition) is 1. The lowest BCUT2D eigenvalue weighted by atomic mass is 9.70. The van der Waals surface area contributed by atoms with Gasteiger partial charge in [0.15, 0.2) is 0 Å². The molecule has 1 rings (SSSR count). The van der Waals surface area contributed by atoms with E-state index in [2.05, 4.69) is 6.92 Å². The summed E-state index contributed by atoms with van der Waals surface area (Å²) < 4.78 is 5.42. The minimum atomic E-state index is -0.691. The van der Waals surface area contributed by atoms with E-state index in [1.807, 2.05) is 13.8 Å². The van der Waals surface area contributed by atoms with Crippen molar-refractivity contribution in [2.75, 3.05) is 6.61 Å². The maximum atomic E-state index is 11.4. The number of hydrogen-bond acceptors (Lipinski definition) is 2. The van der Waals surface area contributed by atoms with Crippen LogP contribution in [0, 0.1) is 11.3 Å². The normalized spacial score (nSPS) is 34.4. The van der Waals surface area contributed by atoms with Crippen LogP contribution >= 0.6 is 0 Å². The zero-order valence-corrected chi connectivity index (χ0v) is 9.25. The summed E-state index contributed by atoms with van der Waals surface area (Å²) in [5.74, 6) is -0.494. The fraction of sp³-hybridized carbons (Fsp3) is 0.909. The average Bonchev–Trinajstić information content (AvgIpc) is 2.48. The summed E-state index contributed by atoms with van der Waals surface area (Å²) in [6, 6.07) is 0. The summed E-state index contributed by atoms with van der Waals surface area (Å²) in [5, 5.41) is 9.35. The first-order valence-electron chi connectivity index (χ1n) is 5.40. The Kier molecular flexibility index (Phi) is 3.53. The molecule has 3 atom stereocenters. The van der Waals surface area contributed by atoms with Gasteiger partial charge in [0.2, 0.25) is 0 Å². The standard InChI is InChI=1S/C11H20O3/c1-4-5-8(2)11(10(12)13)6-7-14-9(11)3/h8-9H,4-7H2,1-3H3,(H,12,13). The largest absolute Gasteiger partial charge is 0.481 e. The van der Waals surface area contributed by atoms with Gasteiger partial charge in [0.25, 0.3) is 0 Å². The van der Waals surface area contributed by atoms with Crippen LogP contribution in [0.3, 0.4) is 0 Å². The van der Waals surface area contributed by atoms with Gasteiger partial charge in [-0.1, -0.05) is 20.3 Å². The molecular formula is C11H20O3. The van der Waals surface area contributed by atoms with Crippen molar-refractivity contribution in [3.8, 4) is 0 Å². The lowest BCUT2D eigenvalue weighted by Gasteiger charge is -2.33. The molecule has 0 aromatic carbocycles. The van der Waals surface area contributed by atoms with Crippen molar-refractivity contribution in [1.29, 1.82) is 0 Å². The molecular weight excluding hydrogens is 180 g/mol. The molecule has 1 N–H and O–H groups in total. The summed E-state index contributed by atoms with van der Waals surface area (Å²) in [6.45, 7) is 6.59. The van der Waals surface area contributed by atoms with Crippen molar-refractivity contribution in [3.63, 3.8) is 0 Å². The van der Waals surface area contributed by atoms with E-state index in [4.69, 9.17) is 4.74 Å². The first-order chi connectivity index (χ1) is 6.55. The number of carboxylic acid groups (broad SMARTS) is 1. The molecule has 82 valence electrons. The second-order valence-corrected chi connectivity index (χ2v) is 4.30. The highest BCUT2D eigenvalue weighted by atomic mass is 16.5. The van der Waals surface area contributed by atoms with Gasteiger partial charge in [-0.15, -0.1) is 0 Å². The summed E-state index contributed by atoms with van der Waals surface area (Å²) in [5.41, 5.74) is -0.643. The zero-order valence-electron chi connectivity index (χ0n) is 9.25. The third-order valence-corrected chi connectivity index (χ3v) is 3.61. The predicted octanol–water partition coefficient (Wildman–Crippen LogP) is 2.30. The molecule has 0 aromatic rings. The number of aliphatic carboxylic acids is 1. The van der Waals surface area contributed by atoms with E-state index in [1.54, 1.807) is 0 Å². The number of rotatable bonds is 4. The number of carbonyl (C=O) groups is 1. The molecule has 1 fully saturated rings. The molecule has 1 aliphatic rings. The third kappa shape index (κ3) is 1.65. The molecule has 0 aromatic heterocycles. The van der Waals surface area contributed by atoms with Crippen molar-refractivity contribution < 1.29 is 14.6 Å². The van der Waals surface area contributed by atoms with E-state index in [9.17, 15) is 9.90 Å². The Balaban J connectivity index is 2.86. The summed E-state index contributed by atoms with van der Waals surface area (Å²) in [6.07, 6.45) is 2.50. The van der Waals surface area contributed by atoms with Crippen LogP contribution in [-0.4, -0.2) is 23.8 Å². The van der Waals surface area contributed by atoms with Crippen LogP contribution in [0.4, 0.5) is 0 Å². The molecule has 0 radical (unpaired) electrons. The first-order valence-corrected chi connectivity index (χ1v) is 5.40. The molecule has 0 aliphatic carbocycles. The molecule has 1 aliphatic heterocycles. The highest BCUT2D eigenvalue weighted by Gasteiger charge is 2.51. The Labute approximate surface area is 85.5 Å². The van der Waals surface area contributed by atoms with Gasteiger partial charge in [-0.2, -0.15) is 0 Å². The molecule has 0 saturated carbocycles. The van der Waals surface area contributed by atoms with E-state index in [-0.39, 0.29) is 12.0 Å². The number of ether oxygens (including phenoxy) is 1. The predicted molar refractivity (Wildman–Crippen MR) is 54.2 cm³/mol. The van der Waals surface area contributed by atoms with E-state index in [0.717, 1.165) is 12.8 Å². The minimum Gasteiger partial charge on any atom is -0.481 e. The van der Waals surface area contributed by atoms with Crippen molar-refractivity contribution in [3.05, 3.63) is 0 Å². The van der Waals surface area contributed by atoms with Gasteiger partial charge in [0, 0.05) is 6.61 Å². The SMILES string of the molecule is CCCC(C)C1(C(=O)O)CCOC1C. The van der Waals surface area contributed by atoms with Crippen molar-refractivity contribution >= 4 is 5.97 Å². The van der Waals surface area contributed by atoms with Crippen LogP contribution < -0.4 is 0 Å². The molecule has 3 heteroatoms. The van der Waals surface area contributed by atoms with Gasteiger partial charge in [-0.3, -0.25) is 4.79 Å². The van der Waals surface area contributed by atoms with Gasteiger partial charge < -0.3 is 9.84 Å². The van der Waals surface area contributed by atoms with E-state index in [0.29, 0.717) is 13.0 Å². The molecule has 1 heterocycles. The Morgan fingerprint density at radius 1 is 1.71 bits per heavy atom. The Morgan fingerprint density at radius 2 is 2.36 bits per heavy atom. The third-order valence-electron chi connectivity index (χ3n) is 3.61. The molecule has 0 bridgehead atoms. The van der Waals surface area contributed by atoms with Gasteiger partial charge in [0.05, 0.1) is 11.5 Å². The maximum Gasteiger partial charge on any atom is 0.312 e. The molecule has 14 heavy (non-hydrogen) atoms. The number of carboxylic acids is 1. The lowest BCUT2D eigenvalue weighted by Crippen LogP contribution is -2.43. The van der Waals surface area contributed by atoms with E-state index in [1.165, 1.54) is 0 Å². The summed E-state index contributed by atoms with van der Waals surface area (Å²) in [7, 11) is 0. The Hall–Kier alpha value is -0.570. The first kappa shape index (κ1) is 11.5. The summed E-state index contributed by atoms with van der Waals surface area (Å²) in [4.78, 5) is 11.4. The monoisotopic (exact) mass is 200 g/mol. The van der Waals surface area contributed by atoms with Crippen molar-refractivity contribution in [2.45, 2.75) is 46.1 Å². The van der Waals surface area contributed by atoms with Gasteiger partial charge in [-0.05, 0) is 25.7 Å². The highest BCUT2D eigenvalue weighted by molar-refractivity contribution is 5.76. The highest BCUT2D eigenvalue weighted by Crippen LogP contribution is 2.43. The van der Waals surface area contributed by atoms with Crippen LogP contribution in [0.2, 0.25) is 0 Å². The Bertz CT molecular complexity index is 215. The maximum absolute atomic E-state index is 11.4. The fourth-order valence-corrected chi connectivity index (χ4v) is 2.59. The van der Waals surface area contributed by atoms with E-state index < -0.39 is 11.4 Å². The van der Waals surface area contributed by atoms with Crippen LogP contribution in [-0.2, 0) is 9.53 Å². The topological polar surface area (TPSA) is 46.5 Å². The van der Waals surface area contributed by atoms with E-state index >= 15 is 0 Å². The second kappa shape index (κ2) is 4.30. The zero-order chi connectivity index (χ0) is 10.8. The van der Waals surface area contributed by atoms with Gasteiger partial charge in [0.1, 0.15) is 0 Å². The fourth-order valence-electron chi connectivity index (χ4n) is 2.59. The molecule has 0 spiro atoms. The van der Waals surface area contributed by atoms with Crippen molar-refractivity contribution in [2.24, 2.45) is 11.3 Å². The van der Waals surface area contributed by atoms with Gasteiger partial charge in [-0.25, -0.2) is 0 Å². The molecule has 0 amide bonds. The Morgan fingerprint density at radius 3 is 2.71 bits per heavy atom. The molecule has 3 nitrogen and oxygen atoms in total.